The zero-order valence-corrected chi connectivity index (χ0v) is 12.5. The Hall–Kier alpha value is -1.53. The fourth-order valence-electron chi connectivity index (χ4n) is 1.96. The van der Waals surface area contributed by atoms with Crippen LogP contribution in [0.3, 0.4) is 0 Å². The van der Waals surface area contributed by atoms with Crippen LogP contribution in [0.25, 0.3) is 0 Å². The van der Waals surface area contributed by atoms with Crippen molar-refractivity contribution >= 4 is 7.60 Å². The molecule has 0 aliphatic carbocycles. The molecule has 0 spiro atoms. The van der Waals surface area contributed by atoms with E-state index >= 15 is 0 Å². The van der Waals surface area contributed by atoms with E-state index in [0.717, 1.165) is 0 Å². The van der Waals surface area contributed by atoms with E-state index in [0.29, 0.717) is 10.8 Å². The van der Waals surface area contributed by atoms with E-state index in [4.69, 9.17) is 9.63 Å². The van der Waals surface area contributed by atoms with E-state index in [2.05, 4.69) is 4.52 Å². The number of H-pyrrole nitrogens is 1. The molecule has 0 aromatic carbocycles. The average Bonchev–Trinajstić information content (AvgIpc) is 2.80. The SMILES string of the molecule is O=c1[nH]c(=O)n(C2CC(O)C(COP(=O)(O)C(F)(F)F)O2)cc1F. The van der Waals surface area contributed by atoms with Gasteiger partial charge in [-0.25, -0.2) is 4.79 Å². The fourth-order valence-corrected chi connectivity index (χ4v) is 2.45. The molecule has 3 N–H and O–H groups in total. The van der Waals surface area contributed by atoms with Crippen molar-refractivity contribution in [2.45, 2.75) is 30.8 Å². The minimum Gasteiger partial charge on any atom is -0.390 e. The van der Waals surface area contributed by atoms with Crippen molar-refractivity contribution < 1.29 is 41.4 Å². The average molecular weight is 378 g/mol. The fraction of sp³-hybridized carbons (Fsp3) is 0.600. The van der Waals surface area contributed by atoms with Crippen LogP contribution in [0.5, 0.6) is 0 Å². The molecule has 1 aromatic heterocycles. The van der Waals surface area contributed by atoms with Crippen molar-refractivity contribution in [3.05, 3.63) is 32.9 Å². The van der Waals surface area contributed by atoms with Gasteiger partial charge in [-0.1, -0.05) is 0 Å². The Morgan fingerprint density at radius 3 is 2.67 bits per heavy atom. The van der Waals surface area contributed by atoms with E-state index < -0.39 is 55.6 Å². The highest BCUT2D eigenvalue weighted by atomic mass is 31.2. The Morgan fingerprint density at radius 2 is 2.08 bits per heavy atom. The molecule has 1 aliphatic rings. The molecular formula is C10H11F4N2O7P. The minimum atomic E-state index is -5.94. The number of aromatic nitrogens is 2. The highest BCUT2D eigenvalue weighted by Crippen LogP contribution is 2.58. The standard InChI is InChI=1S/C10H11F4N2O7P/c11-4-2-16(9(19)15-8(4)18)7-1-5(17)6(23-7)3-22-24(20,21)10(12,13)14/h2,5-7,17H,1,3H2,(H,20,21)(H,15,18,19). The maximum absolute atomic E-state index is 13.2. The normalized spacial score (nSPS) is 27.2. The number of aromatic amines is 1. The van der Waals surface area contributed by atoms with Crippen LogP contribution >= 0.6 is 7.60 Å². The van der Waals surface area contributed by atoms with Crippen LogP contribution in [0.1, 0.15) is 12.6 Å². The number of aliphatic hydroxyl groups excluding tert-OH is 1. The number of rotatable bonds is 4. The molecular weight excluding hydrogens is 367 g/mol. The van der Waals surface area contributed by atoms with Gasteiger partial charge >= 0.3 is 19.2 Å². The molecule has 2 heterocycles. The zero-order valence-electron chi connectivity index (χ0n) is 11.6. The number of hydrogen-bond donors (Lipinski definition) is 3. The van der Waals surface area contributed by atoms with Gasteiger partial charge in [-0.3, -0.25) is 23.4 Å². The molecule has 4 atom stereocenters. The van der Waals surface area contributed by atoms with Crippen molar-refractivity contribution in [3.63, 3.8) is 0 Å². The summed E-state index contributed by atoms with van der Waals surface area (Å²) in [6.45, 7) is -1.09. The summed E-state index contributed by atoms with van der Waals surface area (Å²) in [5, 5.41) is 9.70. The van der Waals surface area contributed by atoms with Gasteiger partial charge in [-0.05, 0) is 0 Å². The quantitative estimate of drug-likeness (QED) is 0.498. The molecule has 2 rings (SSSR count). The number of hydrogen-bond acceptors (Lipinski definition) is 6. The number of aliphatic hydroxyl groups is 1. The first-order valence-electron chi connectivity index (χ1n) is 6.31. The molecule has 1 saturated heterocycles. The summed E-state index contributed by atoms with van der Waals surface area (Å²) in [4.78, 5) is 32.8. The summed E-state index contributed by atoms with van der Waals surface area (Å²) in [5.74, 6) is -6.82. The summed E-state index contributed by atoms with van der Waals surface area (Å²) in [7, 11) is -5.94. The largest absolute Gasteiger partial charge is 0.493 e. The monoisotopic (exact) mass is 378 g/mol. The van der Waals surface area contributed by atoms with E-state index in [1.54, 1.807) is 4.98 Å². The Kier molecular flexibility index (Phi) is 5.02. The number of nitrogens with zero attached hydrogens (tertiary/aromatic N) is 1. The van der Waals surface area contributed by atoms with Gasteiger partial charge < -0.3 is 14.7 Å². The van der Waals surface area contributed by atoms with Crippen LogP contribution in [0, 0.1) is 5.82 Å². The van der Waals surface area contributed by atoms with Gasteiger partial charge in [0, 0.05) is 6.42 Å². The molecule has 9 nitrogen and oxygen atoms in total. The van der Waals surface area contributed by atoms with Gasteiger partial charge in [0.25, 0.3) is 5.56 Å². The molecule has 1 aromatic rings. The lowest BCUT2D eigenvalue weighted by molar-refractivity contribution is -0.0826. The molecule has 14 heteroatoms. The summed E-state index contributed by atoms with van der Waals surface area (Å²) in [6.07, 6.45) is -4.07. The van der Waals surface area contributed by atoms with Crippen LogP contribution in [0.4, 0.5) is 17.6 Å². The molecule has 0 radical (unpaired) electrons. The first-order valence-corrected chi connectivity index (χ1v) is 7.89. The lowest BCUT2D eigenvalue weighted by Gasteiger charge is -2.19. The molecule has 1 aliphatic heterocycles. The molecule has 0 bridgehead atoms. The molecule has 0 amide bonds. The van der Waals surface area contributed by atoms with Gasteiger partial charge in [0.15, 0.2) is 0 Å². The van der Waals surface area contributed by atoms with Crippen molar-refractivity contribution in [1.82, 2.24) is 9.55 Å². The van der Waals surface area contributed by atoms with Crippen molar-refractivity contribution in [1.29, 1.82) is 0 Å². The molecule has 24 heavy (non-hydrogen) atoms. The molecule has 1 fully saturated rings. The lowest BCUT2D eigenvalue weighted by Crippen LogP contribution is -2.34. The lowest BCUT2D eigenvalue weighted by atomic mass is 10.2. The predicted octanol–water partition coefficient (Wildman–Crippen LogP) is 0.0459. The Balaban J connectivity index is 2.11. The number of alkyl halides is 3. The highest BCUT2D eigenvalue weighted by Gasteiger charge is 2.53. The van der Waals surface area contributed by atoms with Crippen LogP contribution < -0.4 is 11.2 Å². The van der Waals surface area contributed by atoms with Crippen LogP contribution in [-0.2, 0) is 13.8 Å². The first kappa shape index (κ1) is 18.8. The Bertz CT molecular complexity index is 776. The summed E-state index contributed by atoms with van der Waals surface area (Å²) >= 11 is 0. The smallest absolute Gasteiger partial charge is 0.390 e. The second-order valence-corrected chi connectivity index (χ2v) is 6.67. The van der Waals surface area contributed by atoms with Crippen molar-refractivity contribution in [2.75, 3.05) is 6.61 Å². The van der Waals surface area contributed by atoms with E-state index in [-0.39, 0.29) is 6.42 Å². The van der Waals surface area contributed by atoms with Gasteiger partial charge in [-0.15, -0.1) is 0 Å². The molecule has 136 valence electrons. The van der Waals surface area contributed by atoms with E-state index in [9.17, 15) is 36.8 Å². The zero-order chi connectivity index (χ0) is 18.3. The second-order valence-electron chi connectivity index (χ2n) is 4.86. The Labute approximate surface area is 130 Å². The summed E-state index contributed by atoms with van der Waals surface area (Å²) in [6, 6.07) is 0. The topological polar surface area (TPSA) is 131 Å². The van der Waals surface area contributed by atoms with E-state index in [1.165, 1.54) is 0 Å². The van der Waals surface area contributed by atoms with E-state index in [1.807, 2.05) is 0 Å². The van der Waals surface area contributed by atoms with Crippen molar-refractivity contribution in [3.8, 4) is 0 Å². The maximum Gasteiger partial charge on any atom is 0.493 e. The third kappa shape index (κ3) is 3.75. The van der Waals surface area contributed by atoms with Crippen LogP contribution in [0.2, 0.25) is 0 Å². The third-order valence-electron chi connectivity index (χ3n) is 3.17. The first-order chi connectivity index (χ1) is 10.9. The summed E-state index contributed by atoms with van der Waals surface area (Å²) in [5.41, 5.74) is -2.34. The second kappa shape index (κ2) is 6.41. The third-order valence-corrected chi connectivity index (χ3v) is 4.31. The molecule has 4 unspecified atom stereocenters. The highest BCUT2D eigenvalue weighted by molar-refractivity contribution is 7.53. The number of ether oxygens (including phenoxy) is 1. The number of nitrogens with one attached hydrogen (secondary N) is 1. The van der Waals surface area contributed by atoms with Gasteiger partial charge in [0.2, 0.25) is 5.82 Å². The molecule has 0 saturated carbocycles. The number of halogens is 4. The summed E-state index contributed by atoms with van der Waals surface area (Å²) < 4.78 is 70.3. The van der Waals surface area contributed by atoms with Gasteiger partial charge in [0.1, 0.15) is 12.3 Å². The van der Waals surface area contributed by atoms with Crippen LogP contribution in [0.15, 0.2) is 15.8 Å². The van der Waals surface area contributed by atoms with Gasteiger partial charge in [0.05, 0.1) is 18.9 Å². The predicted molar refractivity (Wildman–Crippen MR) is 67.6 cm³/mol. The minimum absolute atomic E-state index is 0.346. The van der Waals surface area contributed by atoms with Crippen LogP contribution in [-0.4, -0.2) is 44.3 Å². The van der Waals surface area contributed by atoms with Crippen molar-refractivity contribution in [2.24, 2.45) is 0 Å². The van der Waals surface area contributed by atoms with Gasteiger partial charge in [-0.2, -0.15) is 17.6 Å². The Morgan fingerprint density at radius 1 is 1.46 bits per heavy atom. The maximum atomic E-state index is 13.2.